The molecule has 1 nitrogen and oxygen atoms in total. The van der Waals surface area contributed by atoms with Gasteiger partial charge in [0, 0.05) is 12.2 Å². The summed E-state index contributed by atoms with van der Waals surface area (Å²) in [6, 6.07) is 8.47. The molecule has 0 radical (unpaired) electrons. The molecule has 0 fully saturated rings. The number of hydrogen-bond acceptors (Lipinski definition) is 1. The normalized spacial score (nSPS) is 17.7. The average molecular weight is 182 g/mol. The highest BCUT2D eigenvalue weighted by atomic mass is 35.5. The van der Waals surface area contributed by atoms with Crippen molar-refractivity contribution in [3.63, 3.8) is 0 Å². The first-order valence-corrected chi connectivity index (χ1v) is 4.71. The predicted octanol–water partition coefficient (Wildman–Crippen LogP) is 2.63. The van der Waals surface area contributed by atoms with Crippen LogP contribution in [0.4, 0.5) is 5.69 Å². The number of halogens is 1. The van der Waals surface area contributed by atoms with Crippen LogP contribution in [0, 0.1) is 0 Å². The Labute approximate surface area is 77.9 Å². The minimum Gasteiger partial charge on any atom is -0.355 e. The number of para-hydroxylation sites is 1. The standard InChI is InChI=1S/C10H12ClN/c1-8(11)12-7-6-9-4-2-3-5-10(9)12/h2-5,8H,6-7H2,1H3. The summed E-state index contributed by atoms with van der Waals surface area (Å²) in [5.74, 6) is 0. The molecule has 1 aliphatic heterocycles. The lowest BCUT2D eigenvalue weighted by atomic mass is 10.2. The maximum atomic E-state index is 6.04. The number of hydrogen-bond donors (Lipinski definition) is 0. The van der Waals surface area contributed by atoms with Crippen LogP contribution in [0.2, 0.25) is 0 Å². The molecule has 0 spiro atoms. The van der Waals surface area contributed by atoms with E-state index in [9.17, 15) is 0 Å². The van der Waals surface area contributed by atoms with Gasteiger partial charge in [0.05, 0.1) is 0 Å². The van der Waals surface area contributed by atoms with Gasteiger partial charge in [-0.15, -0.1) is 0 Å². The second kappa shape index (κ2) is 2.98. The Bertz CT molecular complexity index is 283. The average Bonchev–Trinajstić information content (AvgIpc) is 2.47. The van der Waals surface area contributed by atoms with Gasteiger partial charge >= 0.3 is 0 Å². The van der Waals surface area contributed by atoms with Gasteiger partial charge in [0.2, 0.25) is 0 Å². The second-order valence-electron chi connectivity index (χ2n) is 3.15. The van der Waals surface area contributed by atoms with Crippen molar-refractivity contribution < 1.29 is 0 Å². The smallest absolute Gasteiger partial charge is 0.101 e. The number of fused-ring (bicyclic) bond motifs is 1. The SMILES string of the molecule is CC(Cl)N1CCc2ccccc21. The Morgan fingerprint density at radius 2 is 2.17 bits per heavy atom. The first-order chi connectivity index (χ1) is 5.79. The number of benzene rings is 1. The van der Waals surface area contributed by atoms with E-state index in [1.54, 1.807) is 0 Å². The van der Waals surface area contributed by atoms with Gasteiger partial charge < -0.3 is 4.90 Å². The largest absolute Gasteiger partial charge is 0.355 e. The molecule has 1 aromatic rings. The van der Waals surface area contributed by atoms with Crippen LogP contribution in [-0.2, 0) is 6.42 Å². The summed E-state index contributed by atoms with van der Waals surface area (Å²) >= 11 is 6.04. The second-order valence-corrected chi connectivity index (χ2v) is 3.78. The summed E-state index contributed by atoms with van der Waals surface area (Å²) in [6.45, 7) is 3.08. The first kappa shape index (κ1) is 7.93. The predicted molar refractivity (Wildman–Crippen MR) is 52.8 cm³/mol. The zero-order valence-electron chi connectivity index (χ0n) is 7.13. The summed E-state index contributed by atoms with van der Waals surface area (Å²) in [5.41, 5.74) is 2.83. The Kier molecular flexibility index (Phi) is 1.97. The lowest BCUT2D eigenvalue weighted by Crippen LogP contribution is -2.26. The molecular formula is C10H12ClN. The van der Waals surface area contributed by atoms with Crippen LogP contribution in [-0.4, -0.2) is 12.0 Å². The van der Waals surface area contributed by atoms with Gasteiger partial charge in [0.25, 0.3) is 0 Å². The quantitative estimate of drug-likeness (QED) is 0.476. The Morgan fingerprint density at radius 1 is 1.42 bits per heavy atom. The van der Waals surface area contributed by atoms with Crippen LogP contribution in [0.25, 0.3) is 0 Å². The molecule has 64 valence electrons. The molecule has 1 atom stereocenters. The summed E-state index contributed by atoms with van der Waals surface area (Å²) in [7, 11) is 0. The molecule has 2 rings (SSSR count). The maximum Gasteiger partial charge on any atom is 0.101 e. The zero-order chi connectivity index (χ0) is 8.55. The van der Waals surface area contributed by atoms with Gasteiger partial charge in [-0.25, -0.2) is 0 Å². The fourth-order valence-corrected chi connectivity index (χ4v) is 1.94. The summed E-state index contributed by atoms with van der Waals surface area (Å²) < 4.78 is 0. The Balaban J connectivity index is 2.36. The van der Waals surface area contributed by atoms with Crippen LogP contribution in [0.1, 0.15) is 12.5 Å². The van der Waals surface area contributed by atoms with Gasteiger partial charge in [-0.1, -0.05) is 29.8 Å². The Hall–Kier alpha value is -0.690. The van der Waals surface area contributed by atoms with E-state index in [4.69, 9.17) is 11.6 Å². The molecular weight excluding hydrogens is 170 g/mol. The molecule has 1 aliphatic rings. The number of rotatable bonds is 1. The Morgan fingerprint density at radius 3 is 2.92 bits per heavy atom. The molecule has 0 N–H and O–H groups in total. The van der Waals surface area contributed by atoms with E-state index >= 15 is 0 Å². The summed E-state index contributed by atoms with van der Waals surface area (Å²) in [6.07, 6.45) is 1.13. The topological polar surface area (TPSA) is 3.24 Å². The van der Waals surface area contributed by atoms with E-state index in [2.05, 4.69) is 29.2 Å². The fraction of sp³-hybridized carbons (Fsp3) is 0.400. The molecule has 0 aromatic heterocycles. The van der Waals surface area contributed by atoms with E-state index in [0.717, 1.165) is 13.0 Å². The van der Waals surface area contributed by atoms with Crippen molar-refractivity contribution in [3.05, 3.63) is 29.8 Å². The molecule has 0 saturated heterocycles. The van der Waals surface area contributed by atoms with Crippen LogP contribution in [0.5, 0.6) is 0 Å². The summed E-state index contributed by atoms with van der Waals surface area (Å²) in [4.78, 5) is 2.23. The van der Waals surface area contributed by atoms with Gasteiger partial charge in [-0.2, -0.15) is 0 Å². The van der Waals surface area contributed by atoms with Crippen LogP contribution >= 0.6 is 11.6 Å². The molecule has 12 heavy (non-hydrogen) atoms. The monoisotopic (exact) mass is 181 g/mol. The highest BCUT2D eigenvalue weighted by Crippen LogP contribution is 2.29. The highest BCUT2D eigenvalue weighted by molar-refractivity contribution is 6.21. The zero-order valence-corrected chi connectivity index (χ0v) is 7.88. The molecule has 2 heteroatoms. The summed E-state index contributed by atoms with van der Waals surface area (Å²) in [5, 5.41) is 0. The third kappa shape index (κ3) is 1.18. The van der Waals surface area contributed by atoms with E-state index in [-0.39, 0.29) is 5.50 Å². The third-order valence-corrected chi connectivity index (χ3v) is 2.59. The molecule has 1 heterocycles. The van der Waals surface area contributed by atoms with Crippen molar-refractivity contribution in [2.75, 3.05) is 11.4 Å². The molecule has 1 aromatic carbocycles. The maximum absolute atomic E-state index is 6.04. The number of anilines is 1. The van der Waals surface area contributed by atoms with E-state index < -0.39 is 0 Å². The van der Waals surface area contributed by atoms with Gasteiger partial charge in [0.1, 0.15) is 5.50 Å². The van der Waals surface area contributed by atoms with Crippen LogP contribution < -0.4 is 4.90 Å². The van der Waals surface area contributed by atoms with Gasteiger partial charge in [-0.05, 0) is 25.0 Å². The molecule has 0 aliphatic carbocycles. The van der Waals surface area contributed by atoms with E-state index in [1.807, 2.05) is 6.92 Å². The van der Waals surface area contributed by atoms with Crippen LogP contribution in [0.3, 0.4) is 0 Å². The van der Waals surface area contributed by atoms with Crippen molar-refractivity contribution >= 4 is 17.3 Å². The van der Waals surface area contributed by atoms with Gasteiger partial charge in [0.15, 0.2) is 0 Å². The molecule has 0 bridgehead atoms. The van der Waals surface area contributed by atoms with E-state index in [0.29, 0.717) is 0 Å². The molecule has 0 amide bonds. The minimum atomic E-state index is 0.105. The third-order valence-electron chi connectivity index (χ3n) is 2.35. The highest BCUT2D eigenvalue weighted by Gasteiger charge is 2.20. The van der Waals surface area contributed by atoms with Gasteiger partial charge in [-0.3, -0.25) is 0 Å². The number of nitrogens with zero attached hydrogens (tertiary/aromatic N) is 1. The molecule has 1 unspecified atom stereocenters. The lowest BCUT2D eigenvalue weighted by molar-refractivity contribution is 0.819. The van der Waals surface area contributed by atoms with Crippen molar-refractivity contribution in [1.29, 1.82) is 0 Å². The fourth-order valence-electron chi connectivity index (χ4n) is 1.73. The van der Waals surface area contributed by atoms with Crippen molar-refractivity contribution in [2.45, 2.75) is 18.8 Å². The van der Waals surface area contributed by atoms with Crippen molar-refractivity contribution in [1.82, 2.24) is 0 Å². The molecule has 0 saturated carbocycles. The lowest BCUT2D eigenvalue weighted by Gasteiger charge is -2.21. The number of alkyl halides is 1. The first-order valence-electron chi connectivity index (χ1n) is 4.27. The van der Waals surface area contributed by atoms with Crippen molar-refractivity contribution in [3.8, 4) is 0 Å². The van der Waals surface area contributed by atoms with Crippen LogP contribution in [0.15, 0.2) is 24.3 Å². The van der Waals surface area contributed by atoms with E-state index in [1.165, 1.54) is 11.3 Å². The van der Waals surface area contributed by atoms with Crippen molar-refractivity contribution in [2.24, 2.45) is 0 Å². The minimum absolute atomic E-state index is 0.105.